The van der Waals surface area contributed by atoms with Crippen molar-refractivity contribution in [3.8, 4) is 0 Å². The van der Waals surface area contributed by atoms with E-state index in [-0.39, 0.29) is 23.7 Å². The second kappa shape index (κ2) is 8.39. The minimum atomic E-state index is -2.90. The smallest absolute Gasteiger partial charge is 0.191 e. The normalized spacial score (nSPS) is 28.7. The lowest BCUT2D eigenvalue weighted by atomic mass is 9.89. The zero-order valence-electron chi connectivity index (χ0n) is 15.6. The van der Waals surface area contributed by atoms with Gasteiger partial charge in [0.2, 0.25) is 0 Å². The summed E-state index contributed by atoms with van der Waals surface area (Å²) in [7, 11) is -1.18. The van der Waals surface area contributed by atoms with Gasteiger partial charge in [0.1, 0.15) is 0 Å². The zero-order valence-corrected chi connectivity index (χ0v) is 16.4. The molecule has 0 amide bonds. The molecule has 2 aliphatic rings. The molecule has 2 fully saturated rings. The third-order valence-electron chi connectivity index (χ3n) is 5.18. The molecule has 2 heterocycles. The number of guanidine groups is 1. The number of sulfone groups is 1. The average Bonchev–Trinajstić information content (AvgIpc) is 2.98. The maximum absolute atomic E-state index is 11.6. The molecule has 1 aromatic carbocycles. The maximum atomic E-state index is 11.6. The van der Waals surface area contributed by atoms with E-state index in [1.165, 1.54) is 11.1 Å². The molecule has 1 aromatic rings. The number of hydrogen-bond acceptors (Lipinski definition) is 4. The summed E-state index contributed by atoms with van der Waals surface area (Å²) in [6.07, 6.45) is 2.88. The van der Waals surface area contributed by atoms with Crippen molar-refractivity contribution in [2.24, 2.45) is 10.9 Å². The molecular formula is C19H29N3O3S. The van der Waals surface area contributed by atoms with Gasteiger partial charge in [-0.25, -0.2) is 8.42 Å². The molecule has 2 N–H and O–H groups in total. The van der Waals surface area contributed by atoms with Crippen LogP contribution in [0.25, 0.3) is 0 Å². The number of aryl methyl sites for hydroxylation is 1. The van der Waals surface area contributed by atoms with Crippen molar-refractivity contribution in [1.29, 1.82) is 0 Å². The molecule has 7 heteroatoms. The van der Waals surface area contributed by atoms with Gasteiger partial charge in [0.25, 0.3) is 0 Å². The van der Waals surface area contributed by atoms with Crippen LogP contribution in [0, 0.1) is 12.8 Å². The van der Waals surface area contributed by atoms with Crippen LogP contribution >= 0.6 is 0 Å². The van der Waals surface area contributed by atoms with Crippen LogP contribution in [0.15, 0.2) is 29.3 Å². The first-order chi connectivity index (χ1) is 12.5. The van der Waals surface area contributed by atoms with E-state index in [1.54, 1.807) is 7.05 Å². The highest BCUT2D eigenvalue weighted by Crippen LogP contribution is 2.33. The van der Waals surface area contributed by atoms with Crippen LogP contribution in [-0.4, -0.2) is 52.1 Å². The Morgan fingerprint density at radius 2 is 2.04 bits per heavy atom. The van der Waals surface area contributed by atoms with Crippen molar-refractivity contribution >= 4 is 15.8 Å². The Kier molecular flexibility index (Phi) is 6.19. The van der Waals surface area contributed by atoms with Crippen molar-refractivity contribution in [2.75, 3.05) is 31.7 Å². The van der Waals surface area contributed by atoms with Crippen LogP contribution in [0.5, 0.6) is 0 Å². The quantitative estimate of drug-likeness (QED) is 0.616. The lowest BCUT2D eigenvalue weighted by molar-refractivity contribution is -0.0265. The second-order valence-electron chi connectivity index (χ2n) is 7.30. The monoisotopic (exact) mass is 379 g/mol. The van der Waals surface area contributed by atoms with Gasteiger partial charge in [-0.1, -0.05) is 29.8 Å². The van der Waals surface area contributed by atoms with Crippen molar-refractivity contribution in [3.05, 3.63) is 35.4 Å². The van der Waals surface area contributed by atoms with Gasteiger partial charge in [0, 0.05) is 32.2 Å². The average molecular weight is 380 g/mol. The molecule has 144 valence electrons. The number of hydrogen-bond donors (Lipinski definition) is 2. The van der Waals surface area contributed by atoms with Gasteiger partial charge in [-0.2, -0.15) is 0 Å². The van der Waals surface area contributed by atoms with E-state index in [2.05, 4.69) is 46.8 Å². The summed E-state index contributed by atoms with van der Waals surface area (Å²) in [4.78, 5) is 4.25. The van der Waals surface area contributed by atoms with E-state index in [0.29, 0.717) is 18.3 Å². The van der Waals surface area contributed by atoms with E-state index in [4.69, 9.17) is 4.74 Å². The number of ether oxygens (including phenoxy) is 1. The first-order valence-corrected chi connectivity index (χ1v) is 11.1. The van der Waals surface area contributed by atoms with E-state index < -0.39 is 9.84 Å². The van der Waals surface area contributed by atoms with Crippen molar-refractivity contribution in [3.63, 3.8) is 0 Å². The fourth-order valence-corrected chi connectivity index (χ4v) is 5.37. The molecule has 3 atom stereocenters. The van der Waals surface area contributed by atoms with E-state index >= 15 is 0 Å². The van der Waals surface area contributed by atoms with Gasteiger partial charge < -0.3 is 15.4 Å². The molecule has 0 aromatic heterocycles. The zero-order chi connectivity index (χ0) is 18.6. The summed E-state index contributed by atoms with van der Waals surface area (Å²) >= 11 is 0. The third kappa shape index (κ3) is 4.98. The molecule has 2 saturated heterocycles. The van der Waals surface area contributed by atoms with E-state index in [1.807, 2.05) is 0 Å². The predicted octanol–water partition coefficient (Wildman–Crippen LogP) is 1.81. The van der Waals surface area contributed by atoms with Crippen molar-refractivity contribution in [1.82, 2.24) is 10.6 Å². The van der Waals surface area contributed by atoms with Crippen LogP contribution in [-0.2, 0) is 14.6 Å². The van der Waals surface area contributed by atoms with Gasteiger partial charge in [0.05, 0.1) is 17.6 Å². The summed E-state index contributed by atoms with van der Waals surface area (Å²) in [6.45, 7) is 3.63. The lowest BCUT2D eigenvalue weighted by Gasteiger charge is -2.33. The largest absolute Gasteiger partial charge is 0.373 e. The van der Waals surface area contributed by atoms with E-state index in [9.17, 15) is 8.42 Å². The van der Waals surface area contributed by atoms with E-state index in [0.717, 1.165) is 26.0 Å². The number of rotatable bonds is 4. The highest BCUT2D eigenvalue weighted by molar-refractivity contribution is 7.91. The van der Waals surface area contributed by atoms with Gasteiger partial charge in [0.15, 0.2) is 15.8 Å². The predicted molar refractivity (Wildman–Crippen MR) is 104 cm³/mol. The molecule has 3 rings (SSSR count). The van der Waals surface area contributed by atoms with Crippen LogP contribution in [0.4, 0.5) is 0 Å². The summed E-state index contributed by atoms with van der Waals surface area (Å²) in [5.41, 5.74) is 2.46. The van der Waals surface area contributed by atoms with Gasteiger partial charge in [-0.15, -0.1) is 0 Å². The fourth-order valence-electron chi connectivity index (χ4n) is 3.70. The van der Waals surface area contributed by atoms with Crippen LogP contribution in [0.3, 0.4) is 0 Å². The second-order valence-corrected chi connectivity index (χ2v) is 9.53. The minimum absolute atomic E-state index is 0.0540. The standard InChI is InChI=1S/C19H29N3O3S/c1-14-5-7-15(8-6-14)18-16(4-3-10-25-18)12-21-19(20-2)22-17-9-11-26(23,24)13-17/h5-8,16-18H,3-4,9-13H2,1-2H3,(H2,20,21,22). The number of benzene rings is 1. The third-order valence-corrected chi connectivity index (χ3v) is 6.95. The van der Waals surface area contributed by atoms with Gasteiger partial charge in [-0.3, -0.25) is 4.99 Å². The Labute approximate surface area is 156 Å². The highest BCUT2D eigenvalue weighted by Gasteiger charge is 2.30. The highest BCUT2D eigenvalue weighted by atomic mass is 32.2. The molecule has 3 unspecified atom stereocenters. The van der Waals surface area contributed by atoms with Gasteiger partial charge in [-0.05, 0) is 31.7 Å². The Balaban J connectivity index is 1.58. The molecule has 26 heavy (non-hydrogen) atoms. The number of nitrogens with one attached hydrogen (secondary N) is 2. The van der Waals surface area contributed by atoms with Crippen LogP contribution in [0.1, 0.15) is 36.5 Å². The Morgan fingerprint density at radius 1 is 1.27 bits per heavy atom. The van der Waals surface area contributed by atoms with Gasteiger partial charge >= 0.3 is 0 Å². The fraction of sp³-hybridized carbons (Fsp3) is 0.632. The van der Waals surface area contributed by atoms with Crippen LogP contribution in [0.2, 0.25) is 0 Å². The maximum Gasteiger partial charge on any atom is 0.191 e. The molecular weight excluding hydrogens is 350 g/mol. The Hall–Kier alpha value is -1.60. The van der Waals surface area contributed by atoms with Crippen molar-refractivity contribution in [2.45, 2.75) is 38.3 Å². The topological polar surface area (TPSA) is 79.8 Å². The summed E-state index contributed by atoms with van der Waals surface area (Å²) in [5.74, 6) is 1.47. The summed E-state index contributed by atoms with van der Waals surface area (Å²) < 4.78 is 29.3. The summed E-state index contributed by atoms with van der Waals surface area (Å²) in [5, 5.41) is 6.61. The first-order valence-electron chi connectivity index (χ1n) is 9.32. The Morgan fingerprint density at radius 3 is 2.69 bits per heavy atom. The molecule has 6 nitrogen and oxygen atoms in total. The molecule has 0 spiro atoms. The molecule has 0 saturated carbocycles. The minimum Gasteiger partial charge on any atom is -0.373 e. The molecule has 2 aliphatic heterocycles. The SMILES string of the molecule is CN=C(NCC1CCCOC1c1ccc(C)cc1)NC1CCS(=O)(=O)C1. The van der Waals surface area contributed by atoms with Crippen molar-refractivity contribution < 1.29 is 13.2 Å². The molecule has 0 radical (unpaired) electrons. The number of nitrogens with zero attached hydrogens (tertiary/aromatic N) is 1. The molecule has 0 bridgehead atoms. The Bertz CT molecular complexity index is 731. The van der Waals surface area contributed by atoms with Crippen LogP contribution < -0.4 is 10.6 Å². The lowest BCUT2D eigenvalue weighted by Crippen LogP contribution is -2.46. The summed E-state index contributed by atoms with van der Waals surface area (Å²) in [6, 6.07) is 8.49. The molecule has 0 aliphatic carbocycles. The first kappa shape index (κ1) is 19.2. The number of aliphatic imine (C=N–C) groups is 1.